The van der Waals surface area contributed by atoms with Gasteiger partial charge in [0.1, 0.15) is 0 Å². The van der Waals surface area contributed by atoms with Crippen molar-refractivity contribution in [3.63, 3.8) is 0 Å². The Labute approximate surface area is 123 Å². The lowest BCUT2D eigenvalue weighted by Crippen LogP contribution is -2.45. The van der Waals surface area contributed by atoms with Crippen LogP contribution < -0.4 is 4.90 Å². The van der Waals surface area contributed by atoms with Crippen LogP contribution in [0.25, 0.3) is 0 Å². The minimum Gasteiger partial charge on any atom is -0.370 e. The summed E-state index contributed by atoms with van der Waals surface area (Å²) in [6, 6.07) is 6.83. The Kier molecular flexibility index (Phi) is 4.93. The largest absolute Gasteiger partial charge is 0.370 e. The van der Waals surface area contributed by atoms with E-state index in [1.165, 1.54) is 24.1 Å². The molecule has 1 aromatic carbocycles. The lowest BCUT2D eigenvalue weighted by atomic mass is 10.0. The van der Waals surface area contributed by atoms with Crippen molar-refractivity contribution in [3.8, 4) is 0 Å². The molecule has 0 saturated carbocycles. The summed E-state index contributed by atoms with van der Waals surface area (Å²) in [6.45, 7) is 2.22. The fourth-order valence-corrected chi connectivity index (χ4v) is 3.56. The summed E-state index contributed by atoms with van der Waals surface area (Å²) in [4.78, 5) is 4.79. The Morgan fingerprint density at radius 3 is 2.89 bits per heavy atom. The Morgan fingerprint density at radius 2 is 2.22 bits per heavy atom. The van der Waals surface area contributed by atoms with Crippen molar-refractivity contribution in [3.05, 3.63) is 28.8 Å². The lowest BCUT2D eigenvalue weighted by molar-refractivity contribution is 0.258. The Morgan fingerprint density at radius 1 is 1.44 bits per heavy atom. The van der Waals surface area contributed by atoms with Gasteiger partial charge in [-0.3, -0.25) is 0 Å². The molecule has 0 N–H and O–H groups in total. The molecule has 18 heavy (non-hydrogen) atoms. The standard InChI is InChI=1S/C14H20BrClN2/c1-17(2)11-5-4-8-18(10-11)14-7-3-6-13(16)12(14)9-15/h3,6-7,11H,4-5,8-10H2,1-2H3. The molecule has 0 bridgehead atoms. The van der Waals surface area contributed by atoms with Gasteiger partial charge in [0.2, 0.25) is 0 Å². The van der Waals surface area contributed by atoms with Gasteiger partial charge in [0, 0.05) is 40.7 Å². The number of likely N-dealkylation sites (N-methyl/N-ethyl adjacent to an activating group) is 1. The number of alkyl halides is 1. The van der Waals surface area contributed by atoms with E-state index in [4.69, 9.17) is 11.6 Å². The molecule has 1 saturated heterocycles. The van der Waals surface area contributed by atoms with Crippen molar-refractivity contribution in [1.82, 2.24) is 4.90 Å². The predicted molar refractivity (Wildman–Crippen MR) is 83.0 cm³/mol. The SMILES string of the molecule is CN(C)C1CCCN(c2cccc(Cl)c2CBr)C1. The van der Waals surface area contributed by atoms with Crippen LogP contribution in [0.4, 0.5) is 5.69 Å². The van der Waals surface area contributed by atoms with Crippen LogP contribution in [0.1, 0.15) is 18.4 Å². The summed E-state index contributed by atoms with van der Waals surface area (Å²) in [7, 11) is 4.33. The molecule has 2 nitrogen and oxygen atoms in total. The summed E-state index contributed by atoms with van der Waals surface area (Å²) in [6.07, 6.45) is 2.53. The van der Waals surface area contributed by atoms with E-state index in [0.29, 0.717) is 6.04 Å². The molecule has 0 spiro atoms. The van der Waals surface area contributed by atoms with Crippen molar-refractivity contribution in [2.24, 2.45) is 0 Å². The van der Waals surface area contributed by atoms with Crippen LogP contribution in [-0.2, 0) is 5.33 Å². The van der Waals surface area contributed by atoms with Gasteiger partial charge in [-0.15, -0.1) is 0 Å². The van der Waals surface area contributed by atoms with E-state index in [1.54, 1.807) is 0 Å². The normalized spacial score (nSPS) is 20.5. The second kappa shape index (κ2) is 6.27. The maximum atomic E-state index is 6.28. The van der Waals surface area contributed by atoms with Gasteiger partial charge in [-0.25, -0.2) is 0 Å². The van der Waals surface area contributed by atoms with Gasteiger partial charge in [0.05, 0.1) is 0 Å². The molecule has 1 aliphatic heterocycles. The van der Waals surface area contributed by atoms with Crippen molar-refractivity contribution in [2.45, 2.75) is 24.2 Å². The summed E-state index contributed by atoms with van der Waals surface area (Å²) in [5.41, 5.74) is 2.49. The molecule has 1 aromatic rings. The second-order valence-corrected chi connectivity index (χ2v) is 6.04. The van der Waals surface area contributed by atoms with Crippen LogP contribution in [0.2, 0.25) is 5.02 Å². The van der Waals surface area contributed by atoms with Crippen molar-refractivity contribution >= 4 is 33.2 Å². The topological polar surface area (TPSA) is 6.48 Å². The molecule has 0 amide bonds. The highest BCUT2D eigenvalue weighted by molar-refractivity contribution is 9.08. The van der Waals surface area contributed by atoms with Gasteiger partial charge < -0.3 is 9.80 Å². The first-order chi connectivity index (χ1) is 8.63. The van der Waals surface area contributed by atoms with Crippen LogP contribution in [0.5, 0.6) is 0 Å². The second-order valence-electron chi connectivity index (χ2n) is 5.08. The monoisotopic (exact) mass is 330 g/mol. The number of benzene rings is 1. The Bertz CT molecular complexity index is 409. The highest BCUT2D eigenvalue weighted by Gasteiger charge is 2.23. The minimum atomic E-state index is 0.640. The molecule has 1 unspecified atom stereocenters. The molecule has 1 atom stereocenters. The number of anilines is 1. The third-order valence-electron chi connectivity index (χ3n) is 3.70. The van der Waals surface area contributed by atoms with E-state index < -0.39 is 0 Å². The van der Waals surface area contributed by atoms with Crippen LogP contribution in [-0.4, -0.2) is 38.1 Å². The van der Waals surface area contributed by atoms with Gasteiger partial charge >= 0.3 is 0 Å². The first-order valence-electron chi connectivity index (χ1n) is 6.38. The van der Waals surface area contributed by atoms with Gasteiger partial charge in [-0.05, 0) is 39.1 Å². The third kappa shape index (κ3) is 3.01. The van der Waals surface area contributed by atoms with E-state index >= 15 is 0 Å². The number of piperidine rings is 1. The zero-order valence-electron chi connectivity index (χ0n) is 11.0. The zero-order valence-corrected chi connectivity index (χ0v) is 13.3. The average Bonchev–Trinajstić information content (AvgIpc) is 2.38. The summed E-state index contributed by atoms with van der Waals surface area (Å²) in [5.74, 6) is 0. The Balaban J connectivity index is 2.23. The molecular weight excluding hydrogens is 312 g/mol. The maximum Gasteiger partial charge on any atom is 0.0467 e. The molecule has 2 rings (SSSR count). The fourth-order valence-electron chi connectivity index (χ4n) is 2.57. The number of halogens is 2. The first kappa shape index (κ1) is 14.2. The van der Waals surface area contributed by atoms with E-state index in [-0.39, 0.29) is 0 Å². The highest BCUT2D eigenvalue weighted by atomic mass is 79.9. The average molecular weight is 332 g/mol. The van der Waals surface area contributed by atoms with Gasteiger partial charge in [0.25, 0.3) is 0 Å². The molecular formula is C14H20BrClN2. The smallest absolute Gasteiger partial charge is 0.0467 e. The number of hydrogen-bond acceptors (Lipinski definition) is 2. The number of nitrogens with zero attached hydrogens (tertiary/aromatic N) is 2. The molecule has 0 aromatic heterocycles. The van der Waals surface area contributed by atoms with E-state index in [9.17, 15) is 0 Å². The number of rotatable bonds is 3. The zero-order chi connectivity index (χ0) is 13.1. The highest BCUT2D eigenvalue weighted by Crippen LogP contribution is 2.31. The molecule has 1 fully saturated rings. The molecule has 1 aliphatic rings. The molecule has 1 heterocycles. The first-order valence-corrected chi connectivity index (χ1v) is 7.88. The number of hydrogen-bond donors (Lipinski definition) is 0. The van der Waals surface area contributed by atoms with Crippen LogP contribution >= 0.6 is 27.5 Å². The molecule has 0 aliphatic carbocycles. The summed E-state index contributed by atoms with van der Waals surface area (Å²) >= 11 is 9.83. The molecule has 0 radical (unpaired) electrons. The van der Waals surface area contributed by atoms with Crippen LogP contribution in [0.15, 0.2) is 18.2 Å². The minimum absolute atomic E-state index is 0.640. The van der Waals surface area contributed by atoms with Crippen LogP contribution in [0.3, 0.4) is 0 Å². The molecule has 100 valence electrons. The van der Waals surface area contributed by atoms with Gasteiger partial charge in [-0.2, -0.15) is 0 Å². The summed E-state index contributed by atoms with van der Waals surface area (Å²) < 4.78 is 0. The lowest BCUT2D eigenvalue weighted by Gasteiger charge is -2.38. The van der Waals surface area contributed by atoms with Crippen molar-refractivity contribution in [2.75, 3.05) is 32.1 Å². The van der Waals surface area contributed by atoms with E-state index in [0.717, 1.165) is 23.4 Å². The van der Waals surface area contributed by atoms with Crippen molar-refractivity contribution in [1.29, 1.82) is 0 Å². The van der Waals surface area contributed by atoms with E-state index in [2.05, 4.69) is 45.9 Å². The quantitative estimate of drug-likeness (QED) is 0.778. The summed E-state index contributed by atoms with van der Waals surface area (Å²) in [5, 5.41) is 1.67. The van der Waals surface area contributed by atoms with Gasteiger partial charge in [-0.1, -0.05) is 33.6 Å². The molecule has 4 heteroatoms. The predicted octanol–water partition coefficient (Wildman–Crippen LogP) is 3.77. The van der Waals surface area contributed by atoms with E-state index in [1.807, 2.05) is 12.1 Å². The fraction of sp³-hybridized carbons (Fsp3) is 0.571. The van der Waals surface area contributed by atoms with Crippen LogP contribution in [0, 0.1) is 0 Å². The third-order valence-corrected chi connectivity index (χ3v) is 4.61. The van der Waals surface area contributed by atoms with Crippen molar-refractivity contribution < 1.29 is 0 Å². The maximum absolute atomic E-state index is 6.28. The Hall–Kier alpha value is -0.250. The van der Waals surface area contributed by atoms with Gasteiger partial charge in [0.15, 0.2) is 0 Å².